The molecule has 1 N–H and O–H groups in total. The monoisotopic (exact) mass is 273 g/mol. The highest BCUT2D eigenvalue weighted by atomic mass is 32.2. The maximum Gasteiger partial charge on any atom is 0.241 e. The van der Waals surface area contributed by atoms with Crippen LogP contribution in [-0.4, -0.2) is 14.5 Å². The van der Waals surface area contributed by atoms with Gasteiger partial charge in [-0.1, -0.05) is 36.4 Å². The number of benzene rings is 2. The maximum absolute atomic E-state index is 12.4. The number of sulfonamides is 1. The Morgan fingerprint density at radius 2 is 1.89 bits per heavy atom. The van der Waals surface area contributed by atoms with Crippen LogP contribution in [0.2, 0.25) is 0 Å². The second-order valence-corrected chi connectivity index (χ2v) is 6.09. The van der Waals surface area contributed by atoms with Gasteiger partial charge in [-0.05, 0) is 18.4 Å². The zero-order chi connectivity index (χ0) is 13.9. The van der Waals surface area contributed by atoms with Gasteiger partial charge in [0.1, 0.15) is 0 Å². The third kappa shape index (κ3) is 2.95. The SMILES string of the molecule is C#CCC(C)NS(=O)(=O)c1cccc2ccccc12. The fourth-order valence-electron chi connectivity index (χ4n) is 1.98. The summed E-state index contributed by atoms with van der Waals surface area (Å²) in [4.78, 5) is 0.287. The van der Waals surface area contributed by atoms with Crippen LogP contribution in [0, 0.1) is 12.3 Å². The topological polar surface area (TPSA) is 46.2 Å². The van der Waals surface area contributed by atoms with Gasteiger partial charge in [0.25, 0.3) is 0 Å². The Morgan fingerprint density at radius 1 is 1.21 bits per heavy atom. The summed E-state index contributed by atoms with van der Waals surface area (Å²) in [5, 5.41) is 1.61. The molecule has 2 aromatic carbocycles. The highest BCUT2D eigenvalue weighted by molar-refractivity contribution is 7.89. The van der Waals surface area contributed by atoms with Crippen LogP contribution in [0.4, 0.5) is 0 Å². The van der Waals surface area contributed by atoms with E-state index in [4.69, 9.17) is 6.42 Å². The second-order valence-electron chi connectivity index (χ2n) is 4.41. The number of nitrogens with one attached hydrogen (secondary N) is 1. The van der Waals surface area contributed by atoms with Gasteiger partial charge in [0.2, 0.25) is 10.0 Å². The van der Waals surface area contributed by atoms with Crippen LogP contribution in [0.3, 0.4) is 0 Å². The highest BCUT2D eigenvalue weighted by Gasteiger charge is 2.19. The van der Waals surface area contributed by atoms with Crippen molar-refractivity contribution in [2.24, 2.45) is 0 Å². The number of terminal acetylenes is 1. The molecule has 0 heterocycles. The molecular formula is C15H15NO2S. The Balaban J connectivity index is 2.47. The van der Waals surface area contributed by atoms with Crippen molar-refractivity contribution in [3.63, 3.8) is 0 Å². The van der Waals surface area contributed by atoms with Crippen LogP contribution < -0.4 is 4.72 Å². The molecule has 0 aliphatic carbocycles. The van der Waals surface area contributed by atoms with Crippen molar-refractivity contribution < 1.29 is 8.42 Å². The molecule has 0 amide bonds. The van der Waals surface area contributed by atoms with Crippen LogP contribution in [0.15, 0.2) is 47.4 Å². The number of hydrogen-bond acceptors (Lipinski definition) is 2. The predicted octanol–water partition coefficient (Wildman–Crippen LogP) is 2.53. The summed E-state index contributed by atoms with van der Waals surface area (Å²) in [6.45, 7) is 1.75. The third-order valence-corrected chi connectivity index (χ3v) is 4.47. The minimum absolute atomic E-state index is 0.283. The average molecular weight is 273 g/mol. The minimum atomic E-state index is -3.55. The second kappa shape index (κ2) is 5.43. The molecule has 19 heavy (non-hydrogen) atoms. The van der Waals surface area contributed by atoms with Crippen molar-refractivity contribution in [2.45, 2.75) is 24.3 Å². The molecule has 4 heteroatoms. The van der Waals surface area contributed by atoms with E-state index in [2.05, 4.69) is 10.6 Å². The van der Waals surface area contributed by atoms with Gasteiger partial charge in [-0.3, -0.25) is 0 Å². The zero-order valence-electron chi connectivity index (χ0n) is 10.6. The maximum atomic E-state index is 12.4. The fraction of sp³-hybridized carbons (Fsp3) is 0.200. The van der Waals surface area contributed by atoms with E-state index in [1.807, 2.05) is 24.3 Å². The quantitative estimate of drug-likeness (QED) is 0.870. The van der Waals surface area contributed by atoms with Crippen molar-refractivity contribution in [3.8, 4) is 12.3 Å². The standard InChI is InChI=1S/C15H15NO2S/c1-3-7-12(2)16-19(17,18)15-11-6-9-13-8-4-5-10-14(13)15/h1,4-6,8-12,16H,7H2,2H3. The molecule has 0 fully saturated rings. The molecule has 2 rings (SSSR count). The minimum Gasteiger partial charge on any atom is -0.207 e. The fourth-order valence-corrected chi connectivity index (χ4v) is 3.45. The van der Waals surface area contributed by atoms with Crippen LogP contribution in [0.25, 0.3) is 10.8 Å². The Morgan fingerprint density at radius 3 is 2.63 bits per heavy atom. The smallest absolute Gasteiger partial charge is 0.207 e. The zero-order valence-corrected chi connectivity index (χ0v) is 11.4. The van der Waals surface area contributed by atoms with E-state index in [0.717, 1.165) is 5.39 Å². The average Bonchev–Trinajstić information content (AvgIpc) is 2.37. The lowest BCUT2D eigenvalue weighted by Crippen LogP contribution is -2.32. The van der Waals surface area contributed by atoms with E-state index < -0.39 is 10.0 Å². The van der Waals surface area contributed by atoms with Gasteiger partial charge in [-0.2, -0.15) is 0 Å². The summed E-state index contributed by atoms with van der Waals surface area (Å²) in [6, 6.07) is 12.3. The molecule has 0 radical (unpaired) electrons. The molecule has 0 aliphatic rings. The summed E-state index contributed by atoms with van der Waals surface area (Å²) < 4.78 is 27.3. The first-order valence-corrected chi connectivity index (χ1v) is 7.46. The summed E-state index contributed by atoms with van der Waals surface area (Å²) in [6.07, 6.45) is 5.56. The van der Waals surface area contributed by atoms with Gasteiger partial charge in [-0.25, -0.2) is 13.1 Å². The summed E-state index contributed by atoms with van der Waals surface area (Å²) in [5.74, 6) is 2.45. The molecular weight excluding hydrogens is 258 g/mol. The normalized spacial score (nSPS) is 13.1. The first-order chi connectivity index (χ1) is 9.04. The summed E-state index contributed by atoms with van der Waals surface area (Å²) >= 11 is 0. The predicted molar refractivity (Wildman–Crippen MR) is 77.2 cm³/mol. The van der Waals surface area contributed by atoms with E-state index >= 15 is 0 Å². The van der Waals surface area contributed by atoms with E-state index in [1.165, 1.54) is 0 Å². The molecule has 1 atom stereocenters. The molecule has 0 spiro atoms. The summed E-state index contributed by atoms with van der Waals surface area (Å²) in [7, 11) is -3.55. The number of hydrogen-bond donors (Lipinski definition) is 1. The van der Waals surface area contributed by atoms with Gasteiger partial charge in [0.05, 0.1) is 4.90 Å². The van der Waals surface area contributed by atoms with E-state index in [0.29, 0.717) is 11.8 Å². The molecule has 0 saturated heterocycles. The molecule has 2 aromatic rings. The Hall–Kier alpha value is -1.83. The molecule has 3 nitrogen and oxygen atoms in total. The van der Waals surface area contributed by atoms with Gasteiger partial charge in [-0.15, -0.1) is 12.3 Å². The number of fused-ring (bicyclic) bond motifs is 1. The van der Waals surface area contributed by atoms with E-state index in [-0.39, 0.29) is 10.9 Å². The lowest BCUT2D eigenvalue weighted by molar-refractivity contribution is 0.564. The third-order valence-electron chi connectivity index (χ3n) is 2.82. The largest absolute Gasteiger partial charge is 0.241 e. The van der Waals surface area contributed by atoms with Gasteiger partial charge in [0, 0.05) is 17.8 Å². The lowest BCUT2D eigenvalue weighted by atomic mass is 10.1. The van der Waals surface area contributed by atoms with Crippen molar-refractivity contribution in [3.05, 3.63) is 42.5 Å². The van der Waals surface area contributed by atoms with E-state index in [9.17, 15) is 8.42 Å². The van der Waals surface area contributed by atoms with Crippen molar-refractivity contribution in [1.82, 2.24) is 4.72 Å². The molecule has 0 aromatic heterocycles. The lowest BCUT2D eigenvalue weighted by Gasteiger charge is -2.13. The Labute approximate surface area is 113 Å². The summed E-state index contributed by atoms with van der Waals surface area (Å²) in [5.41, 5.74) is 0. The van der Waals surface area contributed by atoms with Crippen molar-refractivity contribution in [2.75, 3.05) is 0 Å². The first kappa shape index (κ1) is 13.6. The number of rotatable bonds is 4. The van der Waals surface area contributed by atoms with Gasteiger partial charge in [0.15, 0.2) is 0 Å². The van der Waals surface area contributed by atoms with Gasteiger partial charge < -0.3 is 0 Å². The molecule has 0 bridgehead atoms. The van der Waals surface area contributed by atoms with Crippen LogP contribution in [0.5, 0.6) is 0 Å². The molecule has 1 unspecified atom stereocenters. The first-order valence-electron chi connectivity index (χ1n) is 5.98. The molecule has 98 valence electrons. The van der Waals surface area contributed by atoms with Crippen molar-refractivity contribution in [1.29, 1.82) is 0 Å². The van der Waals surface area contributed by atoms with Crippen molar-refractivity contribution >= 4 is 20.8 Å². The van der Waals surface area contributed by atoms with E-state index in [1.54, 1.807) is 25.1 Å². The Bertz CT molecular complexity index is 724. The molecule has 0 saturated carbocycles. The van der Waals surface area contributed by atoms with Crippen LogP contribution >= 0.6 is 0 Å². The van der Waals surface area contributed by atoms with Crippen LogP contribution in [-0.2, 0) is 10.0 Å². The molecule has 0 aliphatic heterocycles. The Kier molecular flexibility index (Phi) is 3.89. The van der Waals surface area contributed by atoms with Crippen LogP contribution in [0.1, 0.15) is 13.3 Å². The highest BCUT2D eigenvalue weighted by Crippen LogP contribution is 2.22. The van der Waals surface area contributed by atoms with Gasteiger partial charge >= 0.3 is 0 Å².